The predicted molar refractivity (Wildman–Crippen MR) is 94.3 cm³/mol. The summed E-state index contributed by atoms with van der Waals surface area (Å²) in [7, 11) is 0. The van der Waals surface area contributed by atoms with Crippen LogP contribution in [0.15, 0.2) is 54.7 Å². The molecule has 4 aromatic rings. The van der Waals surface area contributed by atoms with Crippen LogP contribution in [0.25, 0.3) is 21.0 Å². The van der Waals surface area contributed by atoms with Crippen molar-refractivity contribution < 1.29 is 4.79 Å². The molecule has 0 aliphatic carbocycles. The van der Waals surface area contributed by atoms with Gasteiger partial charge in [0.2, 0.25) is 0 Å². The van der Waals surface area contributed by atoms with Crippen LogP contribution < -0.4 is 5.32 Å². The number of nitrogens with zero attached hydrogens (tertiary/aromatic N) is 2. The summed E-state index contributed by atoms with van der Waals surface area (Å²) in [5.74, 6) is -0.252. The quantitative estimate of drug-likeness (QED) is 0.536. The van der Waals surface area contributed by atoms with E-state index in [0.29, 0.717) is 15.8 Å². The van der Waals surface area contributed by atoms with Crippen molar-refractivity contribution in [3.05, 3.63) is 65.4 Å². The standard InChI is InChI=1S/C17H10ClN3OS/c18-14-8-6-11(9-19-14)16(22)21-17-20-15-12-4-2-1-3-10(12)5-7-13(15)23-17/h1-9H,(H,20,21,22). The normalized spacial score (nSPS) is 11.0. The highest BCUT2D eigenvalue weighted by Crippen LogP contribution is 2.31. The minimum Gasteiger partial charge on any atom is -0.298 e. The molecule has 4 rings (SSSR count). The maximum atomic E-state index is 12.2. The first-order chi connectivity index (χ1) is 11.2. The van der Waals surface area contributed by atoms with Crippen molar-refractivity contribution in [1.29, 1.82) is 0 Å². The molecule has 23 heavy (non-hydrogen) atoms. The molecule has 0 bridgehead atoms. The number of thiazole rings is 1. The van der Waals surface area contributed by atoms with Crippen molar-refractivity contribution in [1.82, 2.24) is 9.97 Å². The lowest BCUT2D eigenvalue weighted by atomic mass is 10.1. The molecule has 0 saturated carbocycles. The molecular formula is C17H10ClN3OS. The van der Waals surface area contributed by atoms with Crippen LogP contribution in [-0.2, 0) is 0 Å². The fourth-order valence-electron chi connectivity index (χ4n) is 2.39. The number of anilines is 1. The predicted octanol–water partition coefficient (Wildman–Crippen LogP) is 4.75. The van der Waals surface area contributed by atoms with E-state index in [0.717, 1.165) is 21.0 Å². The van der Waals surface area contributed by atoms with Crippen LogP contribution in [0.4, 0.5) is 5.13 Å². The van der Waals surface area contributed by atoms with Gasteiger partial charge in [0.25, 0.3) is 5.91 Å². The van der Waals surface area contributed by atoms with Gasteiger partial charge in [0, 0.05) is 11.6 Å². The van der Waals surface area contributed by atoms with Crippen LogP contribution in [0.2, 0.25) is 5.15 Å². The van der Waals surface area contributed by atoms with E-state index in [9.17, 15) is 4.79 Å². The fourth-order valence-corrected chi connectivity index (χ4v) is 3.38. The molecule has 4 nitrogen and oxygen atoms in total. The van der Waals surface area contributed by atoms with Gasteiger partial charge in [0.05, 0.1) is 15.8 Å². The monoisotopic (exact) mass is 339 g/mol. The Morgan fingerprint density at radius 1 is 1.09 bits per heavy atom. The van der Waals surface area contributed by atoms with Crippen molar-refractivity contribution in [2.45, 2.75) is 0 Å². The van der Waals surface area contributed by atoms with E-state index in [-0.39, 0.29) is 5.91 Å². The number of amides is 1. The van der Waals surface area contributed by atoms with Crippen molar-refractivity contribution in [2.24, 2.45) is 0 Å². The van der Waals surface area contributed by atoms with Gasteiger partial charge in [-0.1, -0.05) is 53.3 Å². The second-order valence-electron chi connectivity index (χ2n) is 4.98. The summed E-state index contributed by atoms with van der Waals surface area (Å²) in [6.45, 7) is 0. The van der Waals surface area contributed by atoms with E-state index in [1.807, 2.05) is 30.3 Å². The second kappa shape index (κ2) is 5.61. The average molecular weight is 340 g/mol. The van der Waals surface area contributed by atoms with Gasteiger partial charge in [-0.15, -0.1) is 0 Å². The average Bonchev–Trinajstić information content (AvgIpc) is 2.98. The third-order valence-corrected chi connectivity index (χ3v) is 4.65. The topological polar surface area (TPSA) is 54.9 Å². The Hall–Kier alpha value is -2.50. The number of halogens is 1. The maximum Gasteiger partial charge on any atom is 0.259 e. The highest BCUT2D eigenvalue weighted by molar-refractivity contribution is 7.22. The Bertz CT molecular complexity index is 1030. The number of nitrogens with one attached hydrogen (secondary N) is 1. The number of aromatic nitrogens is 2. The van der Waals surface area contributed by atoms with Gasteiger partial charge < -0.3 is 0 Å². The molecular weight excluding hydrogens is 330 g/mol. The smallest absolute Gasteiger partial charge is 0.259 e. The molecule has 6 heteroatoms. The summed E-state index contributed by atoms with van der Waals surface area (Å²) in [5.41, 5.74) is 1.34. The number of pyridine rings is 1. The number of carbonyl (C=O) groups excluding carboxylic acids is 1. The van der Waals surface area contributed by atoms with Crippen LogP contribution in [0.3, 0.4) is 0 Å². The first kappa shape index (κ1) is 14.1. The SMILES string of the molecule is O=C(Nc1nc2c(ccc3ccccc32)s1)c1ccc(Cl)nc1. The van der Waals surface area contributed by atoms with E-state index in [1.54, 1.807) is 12.1 Å². The lowest BCUT2D eigenvalue weighted by Crippen LogP contribution is -2.11. The Balaban J connectivity index is 1.70. The van der Waals surface area contributed by atoms with Gasteiger partial charge in [0.15, 0.2) is 5.13 Å². The van der Waals surface area contributed by atoms with E-state index in [1.165, 1.54) is 17.5 Å². The minimum absolute atomic E-state index is 0.252. The molecule has 2 heterocycles. The molecule has 2 aromatic heterocycles. The molecule has 1 N–H and O–H groups in total. The van der Waals surface area contributed by atoms with Crippen molar-refractivity contribution in [3.8, 4) is 0 Å². The third-order valence-electron chi connectivity index (χ3n) is 3.49. The maximum absolute atomic E-state index is 12.2. The molecule has 2 aromatic carbocycles. The zero-order valence-corrected chi connectivity index (χ0v) is 13.4. The summed E-state index contributed by atoms with van der Waals surface area (Å²) in [6.07, 6.45) is 1.44. The lowest BCUT2D eigenvalue weighted by molar-refractivity contribution is 0.102. The summed E-state index contributed by atoms with van der Waals surface area (Å²) in [6, 6.07) is 15.4. The van der Waals surface area contributed by atoms with Gasteiger partial charge in [-0.25, -0.2) is 9.97 Å². The third kappa shape index (κ3) is 2.65. The zero-order valence-electron chi connectivity index (χ0n) is 11.8. The Morgan fingerprint density at radius 2 is 1.96 bits per heavy atom. The first-order valence-corrected chi connectivity index (χ1v) is 8.11. The summed E-state index contributed by atoms with van der Waals surface area (Å²) < 4.78 is 1.04. The zero-order chi connectivity index (χ0) is 15.8. The number of rotatable bonds is 2. The van der Waals surface area contributed by atoms with E-state index in [2.05, 4.69) is 21.4 Å². The molecule has 112 valence electrons. The fraction of sp³-hybridized carbons (Fsp3) is 0. The van der Waals surface area contributed by atoms with Crippen LogP contribution in [0, 0.1) is 0 Å². The summed E-state index contributed by atoms with van der Waals surface area (Å²) in [4.78, 5) is 20.7. The van der Waals surface area contributed by atoms with Gasteiger partial charge in [-0.3, -0.25) is 10.1 Å². The van der Waals surface area contributed by atoms with Crippen molar-refractivity contribution in [3.63, 3.8) is 0 Å². The largest absolute Gasteiger partial charge is 0.298 e. The highest BCUT2D eigenvalue weighted by Gasteiger charge is 2.11. The van der Waals surface area contributed by atoms with Crippen LogP contribution >= 0.6 is 22.9 Å². The Labute approximate surface area is 140 Å². The van der Waals surface area contributed by atoms with E-state index >= 15 is 0 Å². The summed E-state index contributed by atoms with van der Waals surface area (Å²) >= 11 is 7.18. The molecule has 0 aliphatic heterocycles. The van der Waals surface area contributed by atoms with Crippen molar-refractivity contribution in [2.75, 3.05) is 5.32 Å². The van der Waals surface area contributed by atoms with Gasteiger partial charge in [-0.2, -0.15) is 0 Å². The van der Waals surface area contributed by atoms with Crippen LogP contribution in [0.1, 0.15) is 10.4 Å². The molecule has 0 fully saturated rings. The second-order valence-corrected chi connectivity index (χ2v) is 6.39. The minimum atomic E-state index is -0.252. The van der Waals surface area contributed by atoms with Gasteiger partial charge in [0.1, 0.15) is 5.15 Å². The number of carbonyl (C=O) groups is 1. The van der Waals surface area contributed by atoms with Crippen molar-refractivity contribution >= 4 is 55.0 Å². The molecule has 0 radical (unpaired) electrons. The van der Waals surface area contributed by atoms with Crippen LogP contribution in [-0.4, -0.2) is 15.9 Å². The molecule has 0 aliphatic rings. The van der Waals surface area contributed by atoms with Gasteiger partial charge in [-0.05, 0) is 23.6 Å². The van der Waals surface area contributed by atoms with E-state index in [4.69, 9.17) is 11.6 Å². The molecule has 0 saturated heterocycles. The number of fused-ring (bicyclic) bond motifs is 3. The molecule has 0 spiro atoms. The molecule has 0 unspecified atom stereocenters. The molecule has 0 atom stereocenters. The summed E-state index contributed by atoms with van der Waals surface area (Å²) in [5, 5.41) is 5.95. The van der Waals surface area contributed by atoms with Gasteiger partial charge >= 0.3 is 0 Å². The first-order valence-electron chi connectivity index (χ1n) is 6.92. The number of benzene rings is 2. The Kier molecular flexibility index (Phi) is 3.44. The lowest BCUT2D eigenvalue weighted by Gasteiger charge is -2.00. The van der Waals surface area contributed by atoms with E-state index < -0.39 is 0 Å². The molecule has 1 amide bonds. The van der Waals surface area contributed by atoms with Crippen LogP contribution in [0.5, 0.6) is 0 Å². The highest BCUT2D eigenvalue weighted by atomic mass is 35.5. The number of hydrogen-bond donors (Lipinski definition) is 1. The number of hydrogen-bond acceptors (Lipinski definition) is 4. The Morgan fingerprint density at radius 3 is 2.78 bits per heavy atom.